The predicted octanol–water partition coefficient (Wildman–Crippen LogP) is 1.82. The van der Waals surface area contributed by atoms with Crippen LogP contribution in [0.5, 0.6) is 0 Å². The van der Waals surface area contributed by atoms with Crippen molar-refractivity contribution in [3.8, 4) is 0 Å². The van der Waals surface area contributed by atoms with E-state index in [2.05, 4.69) is 12.2 Å². The molecule has 0 radical (unpaired) electrons. The van der Waals surface area contributed by atoms with Crippen LogP contribution in [-0.2, 0) is 9.47 Å². The average molecular weight is 215 g/mol. The second-order valence-corrected chi connectivity index (χ2v) is 4.46. The lowest BCUT2D eigenvalue weighted by molar-refractivity contribution is 0.0614. The van der Waals surface area contributed by atoms with Crippen LogP contribution in [0.1, 0.15) is 32.6 Å². The Labute approximate surface area is 93.5 Å². The van der Waals surface area contributed by atoms with Gasteiger partial charge in [-0.25, -0.2) is 0 Å². The molecule has 1 aliphatic rings. The van der Waals surface area contributed by atoms with Gasteiger partial charge in [-0.2, -0.15) is 0 Å². The summed E-state index contributed by atoms with van der Waals surface area (Å²) in [7, 11) is 1.74. The molecule has 1 aliphatic carbocycles. The van der Waals surface area contributed by atoms with Crippen LogP contribution >= 0.6 is 0 Å². The van der Waals surface area contributed by atoms with Gasteiger partial charge in [0, 0.05) is 26.9 Å². The number of ether oxygens (including phenoxy) is 2. The highest BCUT2D eigenvalue weighted by atomic mass is 16.5. The van der Waals surface area contributed by atoms with Gasteiger partial charge in [-0.15, -0.1) is 0 Å². The molecule has 0 bridgehead atoms. The molecule has 1 N–H and O–H groups in total. The number of rotatable bonds is 10. The SMILES string of the molecule is COCCCNCC(C)OCCC1CC1. The molecule has 3 heteroatoms. The Kier molecular flexibility index (Phi) is 6.98. The Morgan fingerprint density at radius 2 is 2.13 bits per heavy atom. The third-order valence-electron chi connectivity index (χ3n) is 2.76. The quantitative estimate of drug-likeness (QED) is 0.564. The van der Waals surface area contributed by atoms with Crippen molar-refractivity contribution < 1.29 is 9.47 Å². The standard InChI is InChI=1S/C12H25NO2/c1-11(10-13-7-3-8-14-2)15-9-6-12-4-5-12/h11-13H,3-10H2,1-2H3. The summed E-state index contributed by atoms with van der Waals surface area (Å²) >= 11 is 0. The van der Waals surface area contributed by atoms with Gasteiger partial charge in [-0.05, 0) is 32.2 Å². The largest absolute Gasteiger partial charge is 0.385 e. The Bertz CT molecular complexity index is 149. The first-order valence-corrected chi connectivity index (χ1v) is 6.14. The maximum absolute atomic E-state index is 5.71. The molecule has 0 heterocycles. The Balaban J connectivity index is 1.77. The van der Waals surface area contributed by atoms with Gasteiger partial charge in [0.1, 0.15) is 0 Å². The zero-order valence-electron chi connectivity index (χ0n) is 10.1. The fourth-order valence-corrected chi connectivity index (χ4v) is 1.55. The first kappa shape index (κ1) is 12.9. The number of nitrogens with one attached hydrogen (secondary N) is 1. The monoisotopic (exact) mass is 215 g/mol. The molecule has 0 aromatic carbocycles. The Hall–Kier alpha value is -0.120. The van der Waals surface area contributed by atoms with E-state index in [1.807, 2.05) is 0 Å². The number of hydrogen-bond donors (Lipinski definition) is 1. The van der Waals surface area contributed by atoms with Gasteiger partial charge in [0.2, 0.25) is 0 Å². The summed E-state index contributed by atoms with van der Waals surface area (Å²) in [4.78, 5) is 0. The molecule has 1 fully saturated rings. The highest BCUT2D eigenvalue weighted by Crippen LogP contribution is 2.32. The van der Waals surface area contributed by atoms with Gasteiger partial charge in [0.05, 0.1) is 6.10 Å². The normalized spacial score (nSPS) is 18.0. The van der Waals surface area contributed by atoms with Crippen LogP contribution in [0.15, 0.2) is 0 Å². The third kappa shape index (κ3) is 7.77. The van der Waals surface area contributed by atoms with Gasteiger partial charge in [0.15, 0.2) is 0 Å². The van der Waals surface area contributed by atoms with Gasteiger partial charge in [0.25, 0.3) is 0 Å². The summed E-state index contributed by atoms with van der Waals surface area (Å²) in [6.45, 7) is 5.88. The van der Waals surface area contributed by atoms with E-state index in [-0.39, 0.29) is 0 Å². The van der Waals surface area contributed by atoms with Crippen LogP contribution in [0.4, 0.5) is 0 Å². The zero-order chi connectivity index (χ0) is 10.9. The molecule has 3 nitrogen and oxygen atoms in total. The third-order valence-corrected chi connectivity index (χ3v) is 2.76. The molecule has 0 saturated heterocycles. The van der Waals surface area contributed by atoms with Crippen molar-refractivity contribution in [1.82, 2.24) is 5.32 Å². The highest BCUT2D eigenvalue weighted by molar-refractivity contribution is 4.72. The summed E-state index contributed by atoms with van der Waals surface area (Å²) in [5.41, 5.74) is 0. The molecule has 0 aromatic rings. The van der Waals surface area contributed by atoms with Crippen LogP contribution in [0.2, 0.25) is 0 Å². The molecule has 1 rings (SSSR count). The number of hydrogen-bond acceptors (Lipinski definition) is 3. The first-order chi connectivity index (χ1) is 7.33. The molecule has 1 atom stereocenters. The molecule has 0 amide bonds. The lowest BCUT2D eigenvalue weighted by Crippen LogP contribution is -2.28. The topological polar surface area (TPSA) is 30.5 Å². The van der Waals surface area contributed by atoms with E-state index in [0.29, 0.717) is 6.10 Å². The van der Waals surface area contributed by atoms with E-state index in [1.165, 1.54) is 19.3 Å². The average Bonchev–Trinajstić information content (AvgIpc) is 3.01. The summed E-state index contributed by atoms with van der Waals surface area (Å²) in [5, 5.41) is 3.37. The maximum atomic E-state index is 5.71. The minimum Gasteiger partial charge on any atom is -0.385 e. The van der Waals surface area contributed by atoms with Gasteiger partial charge in [-0.3, -0.25) is 0 Å². The fourth-order valence-electron chi connectivity index (χ4n) is 1.55. The zero-order valence-corrected chi connectivity index (χ0v) is 10.1. The van der Waals surface area contributed by atoms with Crippen molar-refractivity contribution >= 4 is 0 Å². The van der Waals surface area contributed by atoms with Crippen molar-refractivity contribution in [2.45, 2.75) is 38.7 Å². The minimum atomic E-state index is 0.339. The second-order valence-electron chi connectivity index (χ2n) is 4.46. The maximum Gasteiger partial charge on any atom is 0.0671 e. The molecular weight excluding hydrogens is 190 g/mol. The molecule has 0 spiro atoms. The lowest BCUT2D eigenvalue weighted by Gasteiger charge is -2.13. The van der Waals surface area contributed by atoms with Crippen molar-refractivity contribution in [2.24, 2.45) is 5.92 Å². The van der Waals surface area contributed by atoms with Crippen LogP contribution < -0.4 is 5.32 Å². The van der Waals surface area contributed by atoms with Crippen molar-refractivity contribution in [1.29, 1.82) is 0 Å². The molecule has 1 unspecified atom stereocenters. The number of methoxy groups -OCH3 is 1. The van der Waals surface area contributed by atoms with Crippen molar-refractivity contribution in [3.05, 3.63) is 0 Å². The van der Waals surface area contributed by atoms with E-state index in [9.17, 15) is 0 Å². The molecule has 0 aromatic heterocycles. The van der Waals surface area contributed by atoms with Gasteiger partial charge >= 0.3 is 0 Å². The molecule has 15 heavy (non-hydrogen) atoms. The lowest BCUT2D eigenvalue weighted by atomic mass is 10.3. The molecule has 1 saturated carbocycles. The van der Waals surface area contributed by atoms with E-state index in [0.717, 1.165) is 38.6 Å². The molecule has 0 aliphatic heterocycles. The van der Waals surface area contributed by atoms with E-state index >= 15 is 0 Å². The fraction of sp³-hybridized carbons (Fsp3) is 1.00. The summed E-state index contributed by atoms with van der Waals surface area (Å²) in [5.74, 6) is 0.979. The highest BCUT2D eigenvalue weighted by Gasteiger charge is 2.20. The summed E-state index contributed by atoms with van der Waals surface area (Å²) < 4.78 is 10.7. The van der Waals surface area contributed by atoms with Crippen LogP contribution in [0.25, 0.3) is 0 Å². The molecule has 90 valence electrons. The first-order valence-electron chi connectivity index (χ1n) is 6.14. The van der Waals surface area contributed by atoms with Gasteiger partial charge < -0.3 is 14.8 Å². The minimum absolute atomic E-state index is 0.339. The smallest absolute Gasteiger partial charge is 0.0671 e. The summed E-state index contributed by atoms with van der Waals surface area (Å²) in [6, 6.07) is 0. The van der Waals surface area contributed by atoms with Crippen molar-refractivity contribution in [3.63, 3.8) is 0 Å². The summed E-state index contributed by atoms with van der Waals surface area (Å²) in [6.07, 6.45) is 5.52. The second kappa shape index (κ2) is 8.08. The van der Waals surface area contributed by atoms with E-state index in [1.54, 1.807) is 7.11 Å². The van der Waals surface area contributed by atoms with Crippen molar-refractivity contribution in [2.75, 3.05) is 33.4 Å². The van der Waals surface area contributed by atoms with Crippen LogP contribution in [0.3, 0.4) is 0 Å². The van der Waals surface area contributed by atoms with E-state index < -0.39 is 0 Å². The Morgan fingerprint density at radius 3 is 2.80 bits per heavy atom. The Morgan fingerprint density at radius 1 is 1.33 bits per heavy atom. The molecular formula is C12H25NO2. The van der Waals surface area contributed by atoms with Crippen LogP contribution in [0, 0.1) is 5.92 Å². The van der Waals surface area contributed by atoms with Crippen LogP contribution in [-0.4, -0.2) is 39.5 Å². The predicted molar refractivity (Wildman–Crippen MR) is 62.1 cm³/mol. The van der Waals surface area contributed by atoms with Gasteiger partial charge in [-0.1, -0.05) is 12.8 Å². The van der Waals surface area contributed by atoms with E-state index in [4.69, 9.17) is 9.47 Å².